The number of hydrogen-bond donors (Lipinski definition) is 1. The summed E-state index contributed by atoms with van der Waals surface area (Å²) in [7, 11) is 1.76. The number of aromatic nitrogens is 1. The molecule has 1 aliphatic rings. The summed E-state index contributed by atoms with van der Waals surface area (Å²) < 4.78 is 14.8. The molecule has 1 aromatic carbocycles. The third kappa shape index (κ3) is 5.87. The summed E-state index contributed by atoms with van der Waals surface area (Å²) in [6, 6.07) is 11.9. The Morgan fingerprint density at radius 1 is 1.21 bits per heavy atom. The van der Waals surface area contributed by atoms with Crippen LogP contribution in [-0.4, -0.2) is 54.0 Å². The van der Waals surface area contributed by atoms with Crippen molar-refractivity contribution in [1.82, 2.24) is 20.1 Å². The molecule has 1 atom stereocenters. The highest BCUT2D eigenvalue weighted by atomic mass is 127. The van der Waals surface area contributed by atoms with Crippen LogP contribution in [0.5, 0.6) is 0 Å². The average Bonchev–Trinajstić information content (AvgIpc) is 2.70. The van der Waals surface area contributed by atoms with Crippen LogP contribution in [0.1, 0.15) is 24.2 Å². The van der Waals surface area contributed by atoms with E-state index < -0.39 is 0 Å². The Kier molecular flexibility index (Phi) is 9.10. The quantitative estimate of drug-likeness (QED) is 0.347. The van der Waals surface area contributed by atoms with Gasteiger partial charge in [0, 0.05) is 49.9 Å². The van der Waals surface area contributed by atoms with E-state index in [-0.39, 0.29) is 29.8 Å². The topological polar surface area (TPSA) is 43.8 Å². The molecule has 1 fully saturated rings. The minimum Gasteiger partial charge on any atom is -0.350 e. The minimum atomic E-state index is -0.298. The summed E-state index contributed by atoms with van der Waals surface area (Å²) in [6.45, 7) is 6.24. The molecule has 1 unspecified atom stereocenters. The van der Waals surface area contributed by atoms with E-state index in [1.807, 2.05) is 0 Å². The molecular formula is C20H26BrFIN5. The lowest BCUT2D eigenvalue weighted by Crippen LogP contribution is -2.52. The highest BCUT2D eigenvalue weighted by Crippen LogP contribution is 2.23. The molecule has 2 aromatic rings. The van der Waals surface area contributed by atoms with E-state index in [2.05, 4.69) is 72.2 Å². The van der Waals surface area contributed by atoms with Gasteiger partial charge in [0.1, 0.15) is 5.82 Å². The Morgan fingerprint density at radius 3 is 2.50 bits per heavy atom. The predicted octanol–water partition coefficient (Wildman–Crippen LogP) is 4.06. The van der Waals surface area contributed by atoms with Crippen LogP contribution in [0.2, 0.25) is 0 Å². The standard InChI is InChI=1S/C20H25BrFN5.HI/c1-15(16-5-7-17(21)8-6-16)26-10-12-27(13-11-26)20(23-2)25-14-19-18(22)4-3-9-24-19;/h3-9,15H,10-14H2,1-2H3,(H,23,25);1H. The number of piperazine rings is 1. The Balaban J connectivity index is 0.00000280. The first-order chi connectivity index (χ1) is 13.1. The lowest BCUT2D eigenvalue weighted by atomic mass is 10.1. The second-order valence-electron chi connectivity index (χ2n) is 6.58. The van der Waals surface area contributed by atoms with Gasteiger partial charge in [0.05, 0.1) is 12.2 Å². The first kappa shape index (κ1) is 23.0. The molecule has 0 aliphatic carbocycles. The summed E-state index contributed by atoms with van der Waals surface area (Å²) >= 11 is 3.49. The fourth-order valence-corrected chi connectivity index (χ4v) is 3.58. The lowest BCUT2D eigenvalue weighted by molar-refractivity contribution is 0.138. The first-order valence-electron chi connectivity index (χ1n) is 9.13. The van der Waals surface area contributed by atoms with Crippen molar-refractivity contribution in [3.63, 3.8) is 0 Å². The van der Waals surface area contributed by atoms with Crippen molar-refractivity contribution in [1.29, 1.82) is 0 Å². The molecule has 0 amide bonds. The number of benzene rings is 1. The average molecular weight is 562 g/mol. The van der Waals surface area contributed by atoms with E-state index in [4.69, 9.17) is 0 Å². The molecule has 28 heavy (non-hydrogen) atoms. The Morgan fingerprint density at radius 2 is 1.89 bits per heavy atom. The van der Waals surface area contributed by atoms with Crippen molar-refractivity contribution in [3.05, 3.63) is 64.1 Å². The first-order valence-corrected chi connectivity index (χ1v) is 9.92. The number of pyridine rings is 1. The number of nitrogens with zero attached hydrogens (tertiary/aromatic N) is 4. The molecule has 2 heterocycles. The van der Waals surface area contributed by atoms with Crippen molar-refractivity contribution < 1.29 is 4.39 Å². The molecule has 1 N–H and O–H groups in total. The van der Waals surface area contributed by atoms with Crippen LogP contribution in [0.4, 0.5) is 4.39 Å². The fraction of sp³-hybridized carbons (Fsp3) is 0.400. The van der Waals surface area contributed by atoms with Crippen molar-refractivity contribution in [2.45, 2.75) is 19.5 Å². The van der Waals surface area contributed by atoms with Crippen molar-refractivity contribution in [2.24, 2.45) is 4.99 Å². The molecule has 3 rings (SSSR count). The van der Waals surface area contributed by atoms with Crippen molar-refractivity contribution in [3.8, 4) is 0 Å². The molecule has 152 valence electrons. The molecule has 5 nitrogen and oxygen atoms in total. The van der Waals surface area contributed by atoms with Crippen LogP contribution < -0.4 is 5.32 Å². The predicted molar refractivity (Wildman–Crippen MR) is 126 cm³/mol. The normalized spacial score (nSPS) is 16.4. The lowest BCUT2D eigenvalue weighted by Gasteiger charge is -2.39. The van der Waals surface area contributed by atoms with E-state index in [9.17, 15) is 4.39 Å². The zero-order valence-corrected chi connectivity index (χ0v) is 20.0. The van der Waals surface area contributed by atoms with Crippen LogP contribution >= 0.6 is 39.9 Å². The van der Waals surface area contributed by atoms with Gasteiger partial charge >= 0.3 is 0 Å². The molecule has 0 radical (unpaired) electrons. The van der Waals surface area contributed by atoms with Gasteiger partial charge in [-0.05, 0) is 36.8 Å². The molecule has 0 bridgehead atoms. The van der Waals surface area contributed by atoms with E-state index in [1.165, 1.54) is 11.6 Å². The Labute approximate surface area is 191 Å². The molecule has 0 spiro atoms. The molecular weight excluding hydrogens is 536 g/mol. The van der Waals surface area contributed by atoms with Gasteiger partial charge in [0.25, 0.3) is 0 Å². The number of aliphatic imine (C=N–C) groups is 1. The minimum absolute atomic E-state index is 0. The summed E-state index contributed by atoms with van der Waals surface area (Å²) in [5, 5.41) is 3.23. The second-order valence-corrected chi connectivity index (χ2v) is 7.50. The van der Waals surface area contributed by atoms with E-state index in [0.717, 1.165) is 36.6 Å². The zero-order valence-electron chi connectivity index (χ0n) is 16.1. The third-order valence-corrected chi connectivity index (χ3v) is 5.50. The number of rotatable bonds is 4. The van der Waals surface area contributed by atoms with Crippen molar-refractivity contribution >= 4 is 45.9 Å². The zero-order chi connectivity index (χ0) is 19.2. The van der Waals surface area contributed by atoms with Gasteiger partial charge < -0.3 is 10.2 Å². The van der Waals surface area contributed by atoms with Gasteiger partial charge in [-0.25, -0.2) is 4.39 Å². The van der Waals surface area contributed by atoms with Gasteiger partial charge in [-0.2, -0.15) is 0 Å². The number of nitrogens with one attached hydrogen (secondary N) is 1. The fourth-order valence-electron chi connectivity index (χ4n) is 3.32. The largest absolute Gasteiger partial charge is 0.350 e. The summed E-state index contributed by atoms with van der Waals surface area (Å²) in [5.74, 6) is 0.490. The van der Waals surface area contributed by atoms with Crippen LogP contribution in [-0.2, 0) is 6.54 Å². The SMILES string of the molecule is CN=C(NCc1ncccc1F)N1CCN(C(C)c2ccc(Br)cc2)CC1.I. The Bertz CT molecular complexity index is 778. The number of guanidine groups is 1. The van der Waals surface area contributed by atoms with Crippen LogP contribution in [0.15, 0.2) is 52.1 Å². The van der Waals surface area contributed by atoms with E-state index in [0.29, 0.717) is 18.3 Å². The Hall–Kier alpha value is -1.26. The van der Waals surface area contributed by atoms with Gasteiger partial charge in [0.15, 0.2) is 5.96 Å². The maximum atomic E-state index is 13.7. The molecule has 1 aliphatic heterocycles. The van der Waals surface area contributed by atoms with Crippen LogP contribution in [0.25, 0.3) is 0 Å². The maximum absolute atomic E-state index is 13.7. The second kappa shape index (κ2) is 11.1. The maximum Gasteiger partial charge on any atom is 0.194 e. The molecule has 0 saturated carbocycles. The van der Waals surface area contributed by atoms with Crippen LogP contribution in [0, 0.1) is 5.82 Å². The van der Waals surface area contributed by atoms with Crippen molar-refractivity contribution in [2.75, 3.05) is 33.2 Å². The highest BCUT2D eigenvalue weighted by molar-refractivity contribution is 14.0. The monoisotopic (exact) mass is 561 g/mol. The van der Waals surface area contributed by atoms with Gasteiger partial charge in [-0.3, -0.25) is 14.9 Å². The summed E-state index contributed by atoms with van der Waals surface area (Å²) in [6.07, 6.45) is 1.60. The summed E-state index contributed by atoms with van der Waals surface area (Å²) in [5.41, 5.74) is 1.72. The van der Waals surface area contributed by atoms with Gasteiger partial charge in [-0.15, -0.1) is 24.0 Å². The molecule has 1 saturated heterocycles. The molecule has 1 aromatic heterocycles. The number of hydrogen-bond acceptors (Lipinski definition) is 3. The van der Waals surface area contributed by atoms with E-state index >= 15 is 0 Å². The van der Waals surface area contributed by atoms with Gasteiger partial charge in [-0.1, -0.05) is 28.1 Å². The number of halogens is 3. The van der Waals surface area contributed by atoms with E-state index in [1.54, 1.807) is 19.3 Å². The molecule has 8 heteroatoms. The smallest absolute Gasteiger partial charge is 0.194 e. The highest BCUT2D eigenvalue weighted by Gasteiger charge is 2.23. The third-order valence-electron chi connectivity index (χ3n) is 4.97. The summed E-state index contributed by atoms with van der Waals surface area (Å²) in [4.78, 5) is 13.1. The van der Waals surface area contributed by atoms with Gasteiger partial charge in [0.2, 0.25) is 0 Å². The van der Waals surface area contributed by atoms with Crippen LogP contribution in [0.3, 0.4) is 0 Å².